The third-order valence-corrected chi connectivity index (χ3v) is 85.0. The fourth-order valence-corrected chi connectivity index (χ4v) is 138. The van der Waals surface area contributed by atoms with Gasteiger partial charge in [0.2, 0.25) is 0 Å². The molecule has 0 bridgehead atoms. The SMILES string of the molecule is CC(P(C1CCCCC1)C1CCCCC1)[C]12[C]3(PC4CCCCC4)[CH]4[CH]5[C@@]1(PC1CCCCC1)[Fe]45321678[CH]2[CH]1[CH]6[CH]7[CH]28. The predicted octanol–water partition coefficient (Wildman–Crippen LogP) is 12.1. The van der Waals surface area contributed by atoms with Crippen molar-refractivity contribution in [1.29, 1.82) is 0 Å². The monoisotopic (exact) mass is 638 g/mol. The van der Waals surface area contributed by atoms with Crippen LogP contribution in [-0.2, 0) is 6.51 Å². The van der Waals surface area contributed by atoms with Gasteiger partial charge in [-0.2, -0.15) is 0 Å². The van der Waals surface area contributed by atoms with Crippen molar-refractivity contribution in [2.75, 3.05) is 0 Å². The second-order valence-corrected chi connectivity index (χ2v) is 51.3. The average molecular weight is 639 g/mol. The van der Waals surface area contributed by atoms with Crippen LogP contribution in [0.15, 0.2) is 0 Å². The van der Waals surface area contributed by atoms with E-state index in [4.69, 9.17) is 0 Å². The molecule has 14 aliphatic rings. The third-order valence-electron chi connectivity index (χ3n) is 24.2. The van der Waals surface area contributed by atoms with Gasteiger partial charge in [-0.15, -0.1) is 0 Å². The number of hydrogen-bond acceptors (Lipinski definition) is 0. The van der Waals surface area contributed by atoms with Gasteiger partial charge in [0.25, 0.3) is 0 Å². The maximum atomic E-state index is 3.15. The Balaban J connectivity index is 0.989. The molecule has 8 atom stereocenters. The van der Waals surface area contributed by atoms with Crippen molar-refractivity contribution in [1.82, 2.24) is 0 Å². The van der Waals surface area contributed by atoms with Gasteiger partial charge in [0.05, 0.1) is 0 Å². The van der Waals surface area contributed by atoms with E-state index in [2.05, 4.69) is 6.92 Å². The summed E-state index contributed by atoms with van der Waals surface area (Å²) in [4.78, 5) is 10.7. The van der Waals surface area contributed by atoms with Gasteiger partial charge in [0, 0.05) is 0 Å². The van der Waals surface area contributed by atoms with Crippen LogP contribution in [0.5, 0.6) is 0 Å². The first-order valence-corrected chi connectivity index (χ1v) is 28.8. The van der Waals surface area contributed by atoms with E-state index in [1.807, 2.05) is 0 Å². The predicted molar refractivity (Wildman–Crippen MR) is 175 cm³/mol. The molecule has 0 amide bonds. The quantitative estimate of drug-likeness (QED) is 0.183. The van der Waals surface area contributed by atoms with Crippen molar-refractivity contribution in [3.8, 4) is 0 Å². The van der Waals surface area contributed by atoms with Gasteiger partial charge < -0.3 is 0 Å². The molecule has 4 aliphatic carbocycles. The summed E-state index contributed by atoms with van der Waals surface area (Å²) in [6.45, 7) is -0.438. The van der Waals surface area contributed by atoms with Crippen LogP contribution in [0.1, 0.15) is 135 Å². The zero-order valence-corrected chi connectivity index (χ0v) is 29.4. The first-order chi connectivity index (χ1) is 19.5. The van der Waals surface area contributed by atoms with Crippen LogP contribution in [0.25, 0.3) is 0 Å². The Bertz CT molecular complexity index is 1500. The Labute approximate surface area is 240 Å². The van der Waals surface area contributed by atoms with Crippen molar-refractivity contribution >= 4 is 25.1 Å². The van der Waals surface area contributed by atoms with Crippen LogP contribution in [-0.4, -0.2) is 36.4 Å². The van der Waals surface area contributed by atoms with Crippen molar-refractivity contribution < 1.29 is 6.51 Å². The molecular weight excluding hydrogens is 581 g/mol. The first-order valence-electron chi connectivity index (χ1n) is 19.0. The zero-order valence-electron chi connectivity index (χ0n) is 25.4. The Hall–Kier alpha value is 1.81. The van der Waals surface area contributed by atoms with E-state index in [1.54, 1.807) is 128 Å². The molecular formula is C36H57FeP3. The van der Waals surface area contributed by atoms with E-state index in [9.17, 15) is 0 Å². The molecule has 0 aromatic rings. The van der Waals surface area contributed by atoms with E-state index >= 15 is 0 Å². The van der Waals surface area contributed by atoms with Gasteiger partial charge in [-0.1, -0.05) is 0 Å². The van der Waals surface area contributed by atoms with Crippen LogP contribution in [0.3, 0.4) is 0 Å². The van der Waals surface area contributed by atoms with Crippen molar-refractivity contribution in [2.45, 2.75) is 210 Å². The van der Waals surface area contributed by atoms with Crippen LogP contribution in [0.4, 0.5) is 0 Å². The molecule has 14 rings (SSSR count). The molecule has 10 aliphatic heterocycles. The Morgan fingerprint density at radius 1 is 0.525 bits per heavy atom. The summed E-state index contributed by atoms with van der Waals surface area (Å²) in [5.74, 6) is 0. The summed E-state index contributed by atoms with van der Waals surface area (Å²) in [6.07, 6.45) is 32.7. The molecule has 0 aromatic carbocycles. The average Bonchev–Trinajstić information content (AvgIpc) is 3.96. The number of hydrogen-bond donors (Lipinski definition) is 0. The van der Waals surface area contributed by atoms with Crippen LogP contribution < -0.4 is 0 Å². The van der Waals surface area contributed by atoms with E-state index in [0.717, 1.165) is 12.4 Å². The molecule has 10 saturated heterocycles. The van der Waals surface area contributed by atoms with Crippen molar-refractivity contribution in [3.63, 3.8) is 0 Å². The summed E-state index contributed by atoms with van der Waals surface area (Å²) in [7, 11) is 3.34. The molecule has 0 N–H and O–H groups in total. The number of rotatable bonds is 8. The Morgan fingerprint density at radius 3 is 1.23 bits per heavy atom. The first kappa shape index (κ1) is 23.2. The summed E-state index contributed by atoms with van der Waals surface area (Å²) in [5, 5.41) is 0. The van der Waals surface area contributed by atoms with Gasteiger partial charge in [0.1, 0.15) is 0 Å². The van der Waals surface area contributed by atoms with E-state index in [-0.39, 0.29) is 7.92 Å². The minimum atomic E-state index is -3.59. The molecule has 0 nitrogen and oxygen atoms in total. The van der Waals surface area contributed by atoms with Crippen molar-refractivity contribution in [3.05, 3.63) is 0 Å². The standard InChI is InChI=1S/C31H52P3.C5H5.Fe/c1-24(34(27-18-10-4-11-19-27)28-20-12-5-13-21-28)31-29(32-25-14-6-2-7-15-25)22-23-30(31)33-26-16-8-3-9-17-26;1-2-4-5-3-1;/h22-28,32-33H,2-21H2,1H3;1-5H;. The topological polar surface area (TPSA) is 0 Å². The van der Waals surface area contributed by atoms with E-state index in [1.165, 1.54) is 79.2 Å². The van der Waals surface area contributed by atoms with E-state index < -0.39 is 6.51 Å². The van der Waals surface area contributed by atoms with Crippen LogP contribution in [0.2, 0.25) is 38.0 Å². The molecule has 10 heterocycles. The van der Waals surface area contributed by atoms with E-state index in [0.29, 0.717) is 0 Å². The molecule has 4 heteroatoms. The van der Waals surface area contributed by atoms with Gasteiger partial charge in [-0.3, -0.25) is 0 Å². The second-order valence-electron chi connectivity index (χ2n) is 20.5. The van der Waals surface area contributed by atoms with Gasteiger partial charge >= 0.3 is 241 Å². The molecule has 4 saturated carbocycles. The number of fused-ring (bicyclic) bond motifs is 10. The molecule has 7 unspecified atom stereocenters. The molecule has 14 fully saturated rings. The van der Waals surface area contributed by atoms with Gasteiger partial charge in [0.15, 0.2) is 0 Å². The zero-order chi connectivity index (χ0) is 25.9. The molecule has 0 aromatic heterocycles. The summed E-state index contributed by atoms with van der Waals surface area (Å²) in [6, 6.07) is 0. The Kier molecular flexibility index (Phi) is 2.37. The summed E-state index contributed by atoms with van der Waals surface area (Å²) < 4.78 is 3.45. The molecule has 1 spiro atoms. The Morgan fingerprint density at radius 2 is 0.875 bits per heavy atom. The fraction of sp³-hybridized carbons (Fsp3) is 1.00. The van der Waals surface area contributed by atoms with Crippen LogP contribution >= 0.6 is 25.1 Å². The summed E-state index contributed by atoms with van der Waals surface area (Å²) in [5.41, 5.74) is 6.14. The molecule has 40 heavy (non-hydrogen) atoms. The maximum absolute atomic E-state index is 3.59. The van der Waals surface area contributed by atoms with Crippen LogP contribution in [0, 0.1) is 0 Å². The minimum absolute atomic E-state index is 0.270. The molecule has 0 radical (unpaired) electrons. The second kappa shape index (κ2) is 4.09. The fourth-order valence-electron chi connectivity index (χ4n) is 26.1. The molecule has 224 valence electrons. The third kappa shape index (κ3) is 0.654. The van der Waals surface area contributed by atoms with Gasteiger partial charge in [-0.25, -0.2) is 0 Å². The van der Waals surface area contributed by atoms with Crippen molar-refractivity contribution in [2.24, 2.45) is 0 Å². The van der Waals surface area contributed by atoms with Gasteiger partial charge in [-0.05, 0) is 0 Å². The summed E-state index contributed by atoms with van der Waals surface area (Å²) >= 11 is 0. The normalized spacial score (nSPS) is 74.0.